The van der Waals surface area contributed by atoms with E-state index in [1.54, 1.807) is 23.4 Å². The molecule has 0 bridgehead atoms. The number of carbonyl (C=O) groups excluding carboxylic acids is 2. The van der Waals surface area contributed by atoms with Crippen molar-refractivity contribution in [3.63, 3.8) is 0 Å². The summed E-state index contributed by atoms with van der Waals surface area (Å²) >= 11 is 1.47. The molecule has 1 saturated heterocycles. The maximum atomic E-state index is 12.3. The van der Waals surface area contributed by atoms with E-state index in [-0.39, 0.29) is 18.1 Å². The fourth-order valence-corrected chi connectivity index (χ4v) is 4.93. The van der Waals surface area contributed by atoms with Gasteiger partial charge in [-0.05, 0) is 49.0 Å². The number of nitrogens with two attached hydrogens (primary N) is 1. The molecule has 1 aliphatic carbocycles. The molecule has 2 amide bonds. The first-order valence-corrected chi connectivity index (χ1v) is 10.7. The van der Waals surface area contributed by atoms with Gasteiger partial charge in [0.05, 0.1) is 5.69 Å². The van der Waals surface area contributed by atoms with E-state index in [1.807, 2.05) is 12.1 Å². The van der Waals surface area contributed by atoms with Gasteiger partial charge in [-0.3, -0.25) is 9.78 Å². The number of ether oxygens (including phenoxy) is 1. The Kier molecular flexibility index (Phi) is 5.80. The molecule has 1 atom stereocenters. The van der Waals surface area contributed by atoms with Crippen molar-refractivity contribution in [2.24, 2.45) is 0 Å². The molecule has 4 rings (SSSR count). The van der Waals surface area contributed by atoms with Crippen LogP contribution in [0.5, 0.6) is 0 Å². The highest BCUT2D eigenvalue weighted by molar-refractivity contribution is 7.17. The third-order valence-electron chi connectivity index (χ3n) is 5.24. The summed E-state index contributed by atoms with van der Waals surface area (Å²) < 4.78 is 5.70. The van der Waals surface area contributed by atoms with Crippen LogP contribution >= 0.6 is 11.3 Å². The molecular weight excluding hydrogens is 388 g/mol. The van der Waals surface area contributed by atoms with Gasteiger partial charge in [0.1, 0.15) is 11.1 Å². The van der Waals surface area contributed by atoms with Gasteiger partial charge in [0, 0.05) is 42.9 Å². The van der Waals surface area contributed by atoms with E-state index in [4.69, 9.17) is 10.5 Å². The molecule has 7 nitrogen and oxygen atoms in total. The highest BCUT2D eigenvalue weighted by Gasteiger charge is 2.29. The Balaban J connectivity index is 1.37. The first kappa shape index (κ1) is 19.4. The monoisotopic (exact) mass is 412 g/mol. The number of hydrogen-bond acceptors (Lipinski definition) is 6. The molecule has 8 heteroatoms. The second-order valence-electron chi connectivity index (χ2n) is 7.30. The van der Waals surface area contributed by atoms with Crippen LogP contribution in [0.2, 0.25) is 0 Å². The quantitative estimate of drug-likeness (QED) is 0.750. The van der Waals surface area contributed by atoms with Gasteiger partial charge in [-0.15, -0.1) is 11.3 Å². The van der Waals surface area contributed by atoms with Crippen LogP contribution in [0.3, 0.4) is 0 Å². The first-order valence-electron chi connectivity index (χ1n) is 9.85. The van der Waals surface area contributed by atoms with Crippen LogP contribution in [-0.4, -0.2) is 41.1 Å². The van der Waals surface area contributed by atoms with E-state index < -0.39 is 0 Å². The summed E-state index contributed by atoms with van der Waals surface area (Å²) in [5, 5.41) is 3.52. The number of amides is 2. The minimum Gasteiger partial charge on any atom is -0.446 e. The standard InChI is InChI=1S/C21H24N4O3S/c22-19-16-7-6-15(28-21(27)25-10-1-2-11-25)12-17(16)29-20(19)24-18(26)8-5-14-4-3-9-23-13-14/h3-5,8-9,13,15H,1-2,6-7,10-12,22H2,(H,24,26)/b8-5+. The van der Waals surface area contributed by atoms with Crippen molar-refractivity contribution in [2.45, 2.75) is 38.2 Å². The molecule has 2 aliphatic rings. The lowest BCUT2D eigenvalue weighted by atomic mass is 9.95. The number of fused-ring (bicyclic) bond motifs is 1. The van der Waals surface area contributed by atoms with Crippen LogP contribution in [0.4, 0.5) is 15.5 Å². The van der Waals surface area contributed by atoms with E-state index >= 15 is 0 Å². The van der Waals surface area contributed by atoms with E-state index in [2.05, 4.69) is 10.3 Å². The largest absolute Gasteiger partial charge is 0.446 e. The van der Waals surface area contributed by atoms with Gasteiger partial charge < -0.3 is 20.7 Å². The molecule has 0 radical (unpaired) electrons. The van der Waals surface area contributed by atoms with Crippen LogP contribution in [0.15, 0.2) is 30.6 Å². The maximum absolute atomic E-state index is 12.3. The zero-order chi connectivity index (χ0) is 20.2. The van der Waals surface area contributed by atoms with E-state index in [9.17, 15) is 9.59 Å². The van der Waals surface area contributed by atoms with Gasteiger partial charge in [-0.2, -0.15) is 0 Å². The summed E-state index contributed by atoms with van der Waals surface area (Å²) in [6.45, 7) is 1.57. The molecule has 0 saturated carbocycles. The summed E-state index contributed by atoms with van der Waals surface area (Å²) in [4.78, 5) is 31.4. The second-order valence-corrected chi connectivity index (χ2v) is 8.40. The Labute approximate surface area is 173 Å². The van der Waals surface area contributed by atoms with Crippen LogP contribution in [-0.2, 0) is 22.4 Å². The Morgan fingerprint density at radius 3 is 2.93 bits per heavy atom. The summed E-state index contributed by atoms with van der Waals surface area (Å²) in [6.07, 6.45) is 10.4. The molecule has 0 aromatic carbocycles. The Morgan fingerprint density at radius 2 is 2.17 bits per heavy atom. The number of rotatable bonds is 4. The number of pyridine rings is 1. The number of carbonyl (C=O) groups is 2. The minimum absolute atomic E-state index is 0.136. The number of nitrogen functional groups attached to an aromatic ring is 1. The van der Waals surface area contributed by atoms with Gasteiger partial charge in [-0.1, -0.05) is 6.07 Å². The van der Waals surface area contributed by atoms with Gasteiger partial charge in [0.2, 0.25) is 5.91 Å². The van der Waals surface area contributed by atoms with E-state index in [1.165, 1.54) is 17.4 Å². The fourth-order valence-electron chi connectivity index (χ4n) is 3.69. The molecule has 2 aromatic heterocycles. The SMILES string of the molecule is Nc1c(NC(=O)/C=C/c2cccnc2)sc2c1CCC(OC(=O)N1CCCC1)C2. The molecule has 0 spiro atoms. The first-order chi connectivity index (χ1) is 14.1. The zero-order valence-electron chi connectivity index (χ0n) is 16.1. The van der Waals surface area contributed by atoms with Crippen LogP contribution in [0.25, 0.3) is 6.08 Å². The van der Waals surface area contributed by atoms with Gasteiger partial charge in [-0.25, -0.2) is 4.79 Å². The number of aromatic nitrogens is 1. The Bertz CT molecular complexity index is 920. The molecule has 152 valence electrons. The number of likely N-dealkylation sites (tertiary alicyclic amines) is 1. The number of hydrogen-bond donors (Lipinski definition) is 2. The predicted molar refractivity (Wildman–Crippen MR) is 114 cm³/mol. The molecule has 3 heterocycles. The lowest BCUT2D eigenvalue weighted by Gasteiger charge is -2.25. The summed E-state index contributed by atoms with van der Waals surface area (Å²) in [5.41, 5.74) is 8.81. The molecule has 1 aliphatic heterocycles. The molecule has 1 unspecified atom stereocenters. The van der Waals surface area contributed by atoms with Gasteiger partial charge >= 0.3 is 6.09 Å². The van der Waals surface area contributed by atoms with Crippen LogP contribution < -0.4 is 11.1 Å². The van der Waals surface area contributed by atoms with Crippen molar-refractivity contribution in [1.82, 2.24) is 9.88 Å². The maximum Gasteiger partial charge on any atom is 0.410 e. The van der Waals surface area contributed by atoms with E-state index in [0.29, 0.717) is 17.1 Å². The predicted octanol–water partition coefficient (Wildman–Crippen LogP) is 3.47. The van der Waals surface area contributed by atoms with Crippen molar-refractivity contribution >= 4 is 40.1 Å². The zero-order valence-corrected chi connectivity index (χ0v) is 16.9. The lowest BCUT2D eigenvalue weighted by Crippen LogP contribution is -2.34. The number of nitrogens with one attached hydrogen (secondary N) is 1. The topological polar surface area (TPSA) is 97.5 Å². The summed E-state index contributed by atoms with van der Waals surface area (Å²) in [6, 6.07) is 3.69. The number of nitrogens with zero attached hydrogens (tertiary/aromatic N) is 2. The Hall–Kier alpha value is -2.87. The van der Waals surface area contributed by atoms with Crippen molar-refractivity contribution in [3.05, 3.63) is 46.6 Å². The van der Waals surface area contributed by atoms with E-state index in [0.717, 1.165) is 54.8 Å². The summed E-state index contributed by atoms with van der Waals surface area (Å²) in [7, 11) is 0. The third-order valence-corrected chi connectivity index (χ3v) is 6.43. The lowest BCUT2D eigenvalue weighted by molar-refractivity contribution is -0.111. The van der Waals surface area contributed by atoms with Gasteiger partial charge in [0.25, 0.3) is 0 Å². The van der Waals surface area contributed by atoms with Crippen molar-refractivity contribution in [3.8, 4) is 0 Å². The number of thiophene rings is 1. The van der Waals surface area contributed by atoms with Crippen molar-refractivity contribution in [1.29, 1.82) is 0 Å². The van der Waals surface area contributed by atoms with Crippen molar-refractivity contribution in [2.75, 3.05) is 24.1 Å². The fraction of sp³-hybridized carbons (Fsp3) is 0.381. The number of anilines is 2. The highest BCUT2D eigenvalue weighted by Crippen LogP contribution is 2.40. The molecule has 3 N–H and O–H groups in total. The molecule has 29 heavy (non-hydrogen) atoms. The third kappa shape index (κ3) is 4.59. The average molecular weight is 413 g/mol. The van der Waals surface area contributed by atoms with Crippen LogP contribution in [0, 0.1) is 0 Å². The Morgan fingerprint density at radius 1 is 1.34 bits per heavy atom. The molecule has 1 fully saturated rings. The van der Waals surface area contributed by atoms with Gasteiger partial charge in [0.15, 0.2) is 0 Å². The molecular formula is C21H24N4O3S. The smallest absolute Gasteiger partial charge is 0.410 e. The molecule has 2 aromatic rings. The average Bonchev–Trinajstić information content (AvgIpc) is 3.36. The normalized spacial score (nSPS) is 18.6. The van der Waals surface area contributed by atoms with Crippen molar-refractivity contribution < 1.29 is 14.3 Å². The highest BCUT2D eigenvalue weighted by atomic mass is 32.1. The van der Waals surface area contributed by atoms with Crippen LogP contribution in [0.1, 0.15) is 35.3 Å². The summed E-state index contributed by atoms with van der Waals surface area (Å²) in [5.74, 6) is -0.240. The minimum atomic E-state index is -0.240. The second kappa shape index (κ2) is 8.65.